The maximum absolute atomic E-state index is 13.5. The quantitative estimate of drug-likeness (QED) is 0.762. The van der Waals surface area contributed by atoms with Gasteiger partial charge in [-0.1, -0.05) is 25.1 Å². The molecule has 2 atom stereocenters. The minimum absolute atomic E-state index is 0.0495. The molecule has 1 amide bonds. The zero-order valence-corrected chi connectivity index (χ0v) is 17.4. The molecule has 1 N–H and O–H groups in total. The largest absolute Gasteiger partial charge is 0.489 e. The van der Waals surface area contributed by atoms with Crippen molar-refractivity contribution in [3.05, 3.63) is 29.8 Å². The van der Waals surface area contributed by atoms with Gasteiger partial charge in [-0.25, -0.2) is 0 Å². The molecule has 2 unspecified atom stereocenters. The first-order valence-corrected chi connectivity index (χ1v) is 12.1. The highest BCUT2D eigenvalue weighted by Crippen LogP contribution is 2.69. The number of rotatable bonds is 2. The van der Waals surface area contributed by atoms with Gasteiger partial charge in [-0.15, -0.1) is 0 Å². The fourth-order valence-electron chi connectivity index (χ4n) is 6.36. The van der Waals surface area contributed by atoms with Crippen LogP contribution in [0.15, 0.2) is 24.3 Å². The molecule has 1 aromatic rings. The van der Waals surface area contributed by atoms with Gasteiger partial charge in [0.2, 0.25) is 5.91 Å². The van der Waals surface area contributed by atoms with Gasteiger partial charge in [0.25, 0.3) is 10.1 Å². The molecule has 0 radical (unpaired) electrons. The van der Waals surface area contributed by atoms with Gasteiger partial charge in [0, 0.05) is 18.7 Å². The average Bonchev–Trinajstić information content (AvgIpc) is 3.00. The number of para-hydroxylation sites is 1. The first-order valence-electron chi connectivity index (χ1n) is 10.2. The molecule has 7 heteroatoms. The highest BCUT2D eigenvalue weighted by Gasteiger charge is 2.72. The van der Waals surface area contributed by atoms with Crippen LogP contribution in [-0.2, 0) is 20.3 Å². The predicted molar refractivity (Wildman–Crippen MR) is 106 cm³/mol. The van der Waals surface area contributed by atoms with Gasteiger partial charge in [0.1, 0.15) is 11.9 Å². The summed E-state index contributed by atoms with van der Waals surface area (Å²) in [6.07, 6.45) is 7.52. The molecule has 2 heterocycles. The number of nitrogens with zero attached hydrogens (tertiary/aromatic N) is 1. The van der Waals surface area contributed by atoms with Crippen molar-refractivity contribution in [2.24, 2.45) is 11.3 Å². The molecule has 3 saturated carbocycles. The van der Waals surface area contributed by atoms with Crippen molar-refractivity contribution in [3.8, 4) is 5.75 Å². The van der Waals surface area contributed by atoms with E-state index in [0.29, 0.717) is 18.1 Å². The topological polar surface area (TPSA) is 83.9 Å². The third-order valence-electron chi connectivity index (χ3n) is 7.24. The second kappa shape index (κ2) is 6.73. The Morgan fingerprint density at radius 2 is 1.86 bits per heavy atom. The summed E-state index contributed by atoms with van der Waals surface area (Å²) in [5.41, 5.74) is 1.08. The highest BCUT2D eigenvalue weighted by atomic mass is 32.2. The van der Waals surface area contributed by atoms with E-state index >= 15 is 0 Å². The van der Waals surface area contributed by atoms with Crippen LogP contribution in [0.1, 0.15) is 51.0 Å². The molecule has 2 bridgehead atoms. The lowest BCUT2D eigenvalue weighted by Gasteiger charge is -2.63. The Morgan fingerprint density at radius 1 is 1.21 bits per heavy atom. The number of piperidine rings is 1. The minimum atomic E-state index is -3.67. The monoisotopic (exact) mass is 407 g/mol. The maximum Gasteiger partial charge on any atom is 0.261 e. The van der Waals surface area contributed by atoms with Crippen LogP contribution in [-0.4, -0.2) is 49.2 Å². The van der Waals surface area contributed by atoms with E-state index in [9.17, 15) is 13.2 Å². The molecule has 1 aromatic carbocycles. The van der Waals surface area contributed by atoms with Gasteiger partial charge in [0.05, 0.1) is 17.1 Å². The van der Waals surface area contributed by atoms with Crippen molar-refractivity contribution in [1.29, 1.82) is 0 Å². The second-order valence-corrected chi connectivity index (χ2v) is 10.2. The van der Waals surface area contributed by atoms with E-state index in [-0.39, 0.29) is 16.9 Å². The SMILES string of the molecule is CCCN1CCC23c4ccccc4OC2C2CCC3(CC2)C1=O.CS(=O)(=O)O. The number of carbonyl (C=O) groups excluding carboxylic acids is 1. The Bertz CT molecular complexity index is 867. The number of carbonyl (C=O) groups is 1. The van der Waals surface area contributed by atoms with Crippen molar-refractivity contribution in [3.63, 3.8) is 0 Å². The maximum atomic E-state index is 13.5. The molecule has 154 valence electrons. The summed E-state index contributed by atoms with van der Waals surface area (Å²) in [5.74, 6) is 2.11. The normalized spacial score (nSPS) is 35.2. The number of ether oxygens (including phenoxy) is 1. The predicted octanol–water partition coefficient (Wildman–Crippen LogP) is 3.02. The lowest BCUT2D eigenvalue weighted by Crippen LogP contribution is -2.70. The van der Waals surface area contributed by atoms with Gasteiger partial charge in [-0.2, -0.15) is 8.42 Å². The standard InChI is InChI=1S/C20H25NO2.CH4O3S/c1-2-12-21-13-11-20-15-5-3-4-6-16(15)23-17(20)14-7-9-19(20,10-8-14)18(21)22;1-5(2,3)4/h3-6,14,17H,2,7-13H2,1H3;1H3,(H,2,3,4). The summed E-state index contributed by atoms with van der Waals surface area (Å²) < 4.78 is 32.3. The van der Waals surface area contributed by atoms with Gasteiger partial charge in [-0.3, -0.25) is 9.35 Å². The number of likely N-dealkylation sites (tertiary alicyclic amines) is 1. The van der Waals surface area contributed by atoms with E-state index in [1.165, 1.54) is 5.56 Å². The van der Waals surface area contributed by atoms with E-state index < -0.39 is 10.1 Å². The van der Waals surface area contributed by atoms with E-state index in [1.54, 1.807) is 0 Å². The summed E-state index contributed by atoms with van der Waals surface area (Å²) in [5, 5.41) is 0. The van der Waals surface area contributed by atoms with Gasteiger partial charge >= 0.3 is 0 Å². The molecular weight excluding hydrogens is 378 g/mol. The van der Waals surface area contributed by atoms with Gasteiger partial charge in [-0.05, 0) is 50.5 Å². The Balaban J connectivity index is 0.000000346. The Morgan fingerprint density at radius 3 is 2.50 bits per heavy atom. The Hall–Kier alpha value is -1.60. The summed E-state index contributed by atoms with van der Waals surface area (Å²) in [7, 11) is -3.67. The van der Waals surface area contributed by atoms with Crippen LogP contribution in [0.4, 0.5) is 0 Å². The number of amides is 1. The zero-order valence-electron chi connectivity index (χ0n) is 16.6. The van der Waals surface area contributed by atoms with Crippen molar-refractivity contribution in [2.45, 2.75) is 57.0 Å². The molecule has 3 aliphatic carbocycles. The summed E-state index contributed by atoms with van der Waals surface area (Å²) in [6.45, 7) is 3.98. The Kier molecular flexibility index (Phi) is 4.74. The van der Waals surface area contributed by atoms with E-state index in [2.05, 4.69) is 36.1 Å². The second-order valence-electron chi connectivity index (χ2n) is 8.70. The van der Waals surface area contributed by atoms with Crippen molar-refractivity contribution in [1.82, 2.24) is 4.90 Å². The molecule has 5 aliphatic rings. The van der Waals surface area contributed by atoms with Crippen LogP contribution < -0.4 is 4.74 Å². The van der Waals surface area contributed by atoms with Crippen molar-refractivity contribution in [2.75, 3.05) is 19.3 Å². The Labute approximate surface area is 167 Å². The lowest BCUT2D eigenvalue weighted by molar-refractivity contribution is -0.180. The molecule has 6 rings (SSSR count). The lowest BCUT2D eigenvalue weighted by atomic mass is 9.42. The average molecular weight is 408 g/mol. The molecule has 4 fully saturated rings. The highest BCUT2D eigenvalue weighted by molar-refractivity contribution is 7.85. The molecule has 1 saturated heterocycles. The smallest absolute Gasteiger partial charge is 0.261 e. The fraction of sp³-hybridized carbons (Fsp3) is 0.667. The number of benzene rings is 1. The van der Waals surface area contributed by atoms with Crippen LogP contribution in [0.5, 0.6) is 5.75 Å². The van der Waals surface area contributed by atoms with Crippen LogP contribution in [0.3, 0.4) is 0 Å². The molecular formula is C21H29NO5S. The third-order valence-corrected chi connectivity index (χ3v) is 7.24. The number of fused-ring (bicyclic) bond motifs is 3. The molecule has 6 nitrogen and oxygen atoms in total. The van der Waals surface area contributed by atoms with Crippen LogP contribution in [0, 0.1) is 11.3 Å². The summed E-state index contributed by atoms with van der Waals surface area (Å²) in [4.78, 5) is 15.7. The third kappa shape index (κ3) is 2.77. The number of hydrogen-bond donors (Lipinski definition) is 1. The first kappa shape index (κ1) is 19.7. The van der Waals surface area contributed by atoms with E-state index in [1.807, 2.05) is 0 Å². The first-order chi connectivity index (χ1) is 13.2. The molecule has 0 aromatic heterocycles. The zero-order chi connectivity index (χ0) is 20.2. The van der Waals surface area contributed by atoms with Crippen LogP contribution >= 0.6 is 0 Å². The fourth-order valence-corrected chi connectivity index (χ4v) is 6.36. The van der Waals surface area contributed by atoms with Crippen molar-refractivity contribution >= 4 is 16.0 Å². The van der Waals surface area contributed by atoms with Gasteiger partial charge < -0.3 is 9.64 Å². The van der Waals surface area contributed by atoms with Crippen LogP contribution in [0.25, 0.3) is 0 Å². The minimum Gasteiger partial charge on any atom is -0.489 e. The van der Waals surface area contributed by atoms with Crippen LogP contribution in [0.2, 0.25) is 0 Å². The van der Waals surface area contributed by atoms with E-state index in [4.69, 9.17) is 9.29 Å². The van der Waals surface area contributed by atoms with Crippen molar-refractivity contribution < 1.29 is 22.5 Å². The molecule has 2 aliphatic heterocycles. The number of hydrogen-bond acceptors (Lipinski definition) is 4. The molecule has 28 heavy (non-hydrogen) atoms. The summed E-state index contributed by atoms with van der Waals surface area (Å²) in [6, 6.07) is 8.53. The summed E-state index contributed by atoms with van der Waals surface area (Å²) >= 11 is 0. The van der Waals surface area contributed by atoms with Gasteiger partial charge in [0.15, 0.2) is 0 Å². The van der Waals surface area contributed by atoms with E-state index in [0.717, 1.165) is 57.4 Å². The molecule has 2 spiro atoms.